The lowest BCUT2D eigenvalue weighted by Crippen LogP contribution is -2.43. The van der Waals surface area contributed by atoms with E-state index in [0.717, 1.165) is 24.0 Å². The van der Waals surface area contributed by atoms with Crippen LogP contribution in [0.3, 0.4) is 0 Å². The SMILES string of the molecule is CC(N)Cc1ccc(Br)cc1N1CC2CCC(C1)O2. The summed E-state index contributed by atoms with van der Waals surface area (Å²) in [7, 11) is 0. The average Bonchev–Trinajstić information content (AvgIpc) is 2.70. The molecule has 0 radical (unpaired) electrons. The zero-order valence-corrected chi connectivity index (χ0v) is 12.9. The second-order valence-corrected chi connectivity index (χ2v) is 6.73. The molecule has 3 rings (SSSR count). The molecule has 3 nitrogen and oxygen atoms in total. The van der Waals surface area contributed by atoms with Gasteiger partial charge >= 0.3 is 0 Å². The van der Waals surface area contributed by atoms with Crippen molar-refractivity contribution < 1.29 is 4.74 Å². The number of morpholine rings is 1. The van der Waals surface area contributed by atoms with E-state index < -0.39 is 0 Å². The first-order valence-corrected chi connectivity index (χ1v) is 7.85. The first kappa shape index (κ1) is 13.4. The Morgan fingerprint density at radius 3 is 2.68 bits per heavy atom. The zero-order chi connectivity index (χ0) is 13.4. The highest BCUT2D eigenvalue weighted by Crippen LogP contribution is 2.33. The molecule has 0 aliphatic carbocycles. The molecule has 2 N–H and O–H groups in total. The van der Waals surface area contributed by atoms with Gasteiger partial charge in [0.05, 0.1) is 12.2 Å². The molecule has 0 aromatic heterocycles. The fourth-order valence-electron chi connectivity index (χ4n) is 3.16. The van der Waals surface area contributed by atoms with Gasteiger partial charge < -0.3 is 15.4 Å². The predicted molar refractivity (Wildman–Crippen MR) is 81.6 cm³/mol. The first-order valence-electron chi connectivity index (χ1n) is 7.06. The number of hydrogen-bond acceptors (Lipinski definition) is 3. The quantitative estimate of drug-likeness (QED) is 0.929. The lowest BCUT2D eigenvalue weighted by atomic mass is 10.0. The minimum Gasteiger partial charge on any atom is -0.371 e. The van der Waals surface area contributed by atoms with Crippen LogP contribution in [-0.4, -0.2) is 31.3 Å². The molecule has 4 heteroatoms. The normalized spacial score (nSPS) is 27.6. The third-order valence-electron chi connectivity index (χ3n) is 3.97. The molecule has 2 fully saturated rings. The summed E-state index contributed by atoms with van der Waals surface area (Å²) in [4.78, 5) is 2.48. The van der Waals surface area contributed by atoms with Crippen molar-refractivity contribution in [3.8, 4) is 0 Å². The van der Waals surface area contributed by atoms with Crippen molar-refractivity contribution in [2.75, 3.05) is 18.0 Å². The summed E-state index contributed by atoms with van der Waals surface area (Å²) in [5.41, 5.74) is 8.65. The van der Waals surface area contributed by atoms with Crippen LogP contribution in [0.25, 0.3) is 0 Å². The molecule has 3 unspecified atom stereocenters. The standard InChI is InChI=1S/C15H21BrN2O/c1-10(17)6-11-2-3-12(16)7-15(11)18-8-13-4-5-14(9-18)19-13/h2-3,7,10,13-14H,4-6,8-9,17H2,1H3. The molecule has 104 valence electrons. The number of nitrogens with zero attached hydrogens (tertiary/aromatic N) is 1. The molecule has 0 amide bonds. The van der Waals surface area contributed by atoms with Gasteiger partial charge in [-0.15, -0.1) is 0 Å². The van der Waals surface area contributed by atoms with Gasteiger partial charge in [0.1, 0.15) is 0 Å². The highest BCUT2D eigenvalue weighted by molar-refractivity contribution is 9.10. The second kappa shape index (κ2) is 5.43. The van der Waals surface area contributed by atoms with Crippen LogP contribution in [0.5, 0.6) is 0 Å². The number of fused-ring (bicyclic) bond motifs is 2. The van der Waals surface area contributed by atoms with E-state index in [0.29, 0.717) is 12.2 Å². The van der Waals surface area contributed by atoms with Gasteiger partial charge in [0.15, 0.2) is 0 Å². The Balaban J connectivity index is 1.87. The number of nitrogens with two attached hydrogens (primary N) is 1. The molecule has 2 heterocycles. The maximum absolute atomic E-state index is 5.97. The van der Waals surface area contributed by atoms with Crippen LogP contribution in [0.1, 0.15) is 25.3 Å². The molecular weight excluding hydrogens is 304 g/mol. The third-order valence-corrected chi connectivity index (χ3v) is 4.47. The lowest BCUT2D eigenvalue weighted by molar-refractivity contribution is 0.0304. The van der Waals surface area contributed by atoms with Gasteiger partial charge in [0, 0.05) is 29.3 Å². The smallest absolute Gasteiger partial charge is 0.0755 e. The number of ether oxygens (including phenoxy) is 1. The van der Waals surface area contributed by atoms with E-state index in [1.165, 1.54) is 24.1 Å². The van der Waals surface area contributed by atoms with Crippen molar-refractivity contribution in [2.24, 2.45) is 5.73 Å². The number of halogens is 1. The fraction of sp³-hybridized carbons (Fsp3) is 0.600. The summed E-state index contributed by atoms with van der Waals surface area (Å²) < 4.78 is 7.06. The Bertz CT molecular complexity index is 451. The molecule has 2 saturated heterocycles. The Hall–Kier alpha value is -0.580. The Kier molecular flexibility index (Phi) is 3.83. The Morgan fingerprint density at radius 2 is 2.05 bits per heavy atom. The fourth-order valence-corrected chi connectivity index (χ4v) is 3.51. The van der Waals surface area contributed by atoms with E-state index >= 15 is 0 Å². The Labute approximate surface area is 123 Å². The summed E-state index contributed by atoms with van der Waals surface area (Å²) in [6, 6.07) is 6.72. The number of rotatable bonds is 3. The molecule has 2 aliphatic rings. The molecule has 2 aliphatic heterocycles. The van der Waals surface area contributed by atoms with Crippen LogP contribution in [-0.2, 0) is 11.2 Å². The van der Waals surface area contributed by atoms with Crippen LogP contribution in [0.15, 0.2) is 22.7 Å². The number of hydrogen-bond donors (Lipinski definition) is 1. The van der Waals surface area contributed by atoms with Gasteiger partial charge in [-0.25, -0.2) is 0 Å². The van der Waals surface area contributed by atoms with E-state index in [1.54, 1.807) is 0 Å². The number of anilines is 1. The molecular formula is C15H21BrN2O. The molecule has 0 saturated carbocycles. The van der Waals surface area contributed by atoms with Crippen LogP contribution >= 0.6 is 15.9 Å². The van der Waals surface area contributed by atoms with E-state index in [1.807, 2.05) is 0 Å². The summed E-state index contributed by atoms with van der Waals surface area (Å²) in [6.45, 7) is 4.09. The molecule has 0 spiro atoms. The zero-order valence-electron chi connectivity index (χ0n) is 11.3. The molecule has 1 aromatic carbocycles. The monoisotopic (exact) mass is 324 g/mol. The molecule has 19 heavy (non-hydrogen) atoms. The number of benzene rings is 1. The van der Waals surface area contributed by atoms with Gasteiger partial charge in [0.25, 0.3) is 0 Å². The van der Waals surface area contributed by atoms with Gasteiger partial charge in [-0.1, -0.05) is 22.0 Å². The lowest BCUT2D eigenvalue weighted by Gasteiger charge is -2.35. The topological polar surface area (TPSA) is 38.5 Å². The Morgan fingerprint density at radius 1 is 1.37 bits per heavy atom. The molecule has 3 atom stereocenters. The molecule has 1 aromatic rings. The van der Waals surface area contributed by atoms with E-state index in [9.17, 15) is 0 Å². The van der Waals surface area contributed by atoms with Crippen molar-refractivity contribution in [2.45, 2.75) is 44.4 Å². The van der Waals surface area contributed by atoms with Crippen molar-refractivity contribution >= 4 is 21.6 Å². The van der Waals surface area contributed by atoms with E-state index in [4.69, 9.17) is 10.5 Å². The van der Waals surface area contributed by atoms with Crippen LogP contribution in [0.2, 0.25) is 0 Å². The highest BCUT2D eigenvalue weighted by atomic mass is 79.9. The van der Waals surface area contributed by atoms with Crippen LogP contribution < -0.4 is 10.6 Å². The summed E-state index contributed by atoms with van der Waals surface area (Å²) in [6.07, 6.45) is 4.17. The van der Waals surface area contributed by atoms with Crippen molar-refractivity contribution in [3.05, 3.63) is 28.2 Å². The van der Waals surface area contributed by atoms with Crippen molar-refractivity contribution in [3.63, 3.8) is 0 Å². The summed E-state index contributed by atoms with van der Waals surface area (Å²) in [5, 5.41) is 0. The largest absolute Gasteiger partial charge is 0.371 e. The van der Waals surface area contributed by atoms with Crippen LogP contribution in [0.4, 0.5) is 5.69 Å². The predicted octanol–water partition coefficient (Wildman–Crippen LogP) is 2.71. The minimum atomic E-state index is 0.192. The average molecular weight is 325 g/mol. The maximum atomic E-state index is 5.97. The first-order chi connectivity index (χ1) is 9.11. The van der Waals surface area contributed by atoms with Gasteiger partial charge in [-0.3, -0.25) is 0 Å². The van der Waals surface area contributed by atoms with E-state index in [-0.39, 0.29) is 6.04 Å². The van der Waals surface area contributed by atoms with Crippen LogP contribution in [0, 0.1) is 0 Å². The molecule has 2 bridgehead atoms. The maximum Gasteiger partial charge on any atom is 0.0755 e. The van der Waals surface area contributed by atoms with Gasteiger partial charge in [-0.05, 0) is 43.9 Å². The van der Waals surface area contributed by atoms with Crippen molar-refractivity contribution in [1.82, 2.24) is 0 Å². The van der Waals surface area contributed by atoms with Gasteiger partial charge in [0.2, 0.25) is 0 Å². The summed E-state index contributed by atoms with van der Waals surface area (Å²) >= 11 is 3.59. The third kappa shape index (κ3) is 2.96. The van der Waals surface area contributed by atoms with Gasteiger partial charge in [-0.2, -0.15) is 0 Å². The second-order valence-electron chi connectivity index (χ2n) is 5.82. The minimum absolute atomic E-state index is 0.192. The summed E-state index contributed by atoms with van der Waals surface area (Å²) in [5.74, 6) is 0. The van der Waals surface area contributed by atoms with E-state index in [2.05, 4.69) is 46.0 Å². The highest BCUT2D eigenvalue weighted by Gasteiger charge is 2.34. The van der Waals surface area contributed by atoms with Crippen molar-refractivity contribution in [1.29, 1.82) is 0 Å².